The number of amides is 3. The zero-order chi connectivity index (χ0) is 19.2. The summed E-state index contributed by atoms with van der Waals surface area (Å²) in [5, 5.41) is 2.70. The van der Waals surface area contributed by atoms with Crippen molar-refractivity contribution in [3.63, 3.8) is 0 Å². The van der Waals surface area contributed by atoms with Crippen LogP contribution in [0.15, 0.2) is 23.9 Å². The van der Waals surface area contributed by atoms with Crippen LogP contribution >= 0.6 is 0 Å². The van der Waals surface area contributed by atoms with Gasteiger partial charge in [0, 0.05) is 6.04 Å². The third-order valence-electron chi connectivity index (χ3n) is 4.74. The normalized spacial score (nSPS) is 19.1. The van der Waals surface area contributed by atoms with Crippen molar-refractivity contribution in [3.8, 4) is 23.8 Å². The lowest BCUT2D eigenvalue weighted by Crippen LogP contribution is -2.41. The SMILES string of the molecule is C#CCOc1ccc(/C=C2\NC(=O)N(C3CCCCC3)C2=O)cc1OCC. The van der Waals surface area contributed by atoms with Crippen LogP contribution in [0.4, 0.5) is 4.79 Å². The third kappa shape index (κ3) is 4.25. The number of terminal acetylenes is 1. The number of carbonyl (C=O) groups is 2. The van der Waals surface area contributed by atoms with Gasteiger partial charge in [0.15, 0.2) is 11.5 Å². The van der Waals surface area contributed by atoms with E-state index in [1.165, 1.54) is 4.90 Å². The van der Waals surface area contributed by atoms with Crippen LogP contribution in [0.25, 0.3) is 6.08 Å². The number of urea groups is 1. The van der Waals surface area contributed by atoms with E-state index >= 15 is 0 Å². The molecular weight excluding hydrogens is 344 g/mol. The summed E-state index contributed by atoms with van der Waals surface area (Å²) in [7, 11) is 0. The van der Waals surface area contributed by atoms with Gasteiger partial charge in [0.1, 0.15) is 12.3 Å². The van der Waals surface area contributed by atoms with E-state index in [1.807, 2.05) is 6.92 Å². The van der Waals surface area contributed by atoms with Gasteiger partial charge in [0.05, 0.1) is 6.61 Å². The van der Waals surface area contributed by atoms with Gasteiger partial charge in [-0.2, -0.15) is 0 Å². The predicted octanol–water partition coefficient (Wildman–Crippen LogP) is 3.32. The van der Waals surface area contributed by atoms with E-state index in [1.54, 1.807) is 24.3 Å². The van der Waals surface area contributed by atoms with Gasteiger partial charge in [-0.3, -0.25) is 9.69 Å². The number of benzene rings is 1. The number of hydrogen-bond donors (Lipinski definition) is 1. The van der Waals surface area contributed by atoms with E-state index in [0.29, 0.717) is 18.1 Å². The van der Waals surface area contributed by atoms with E-state index in [9.17, 15) is 9.59 Å². The number of carbonyl (C=O) groups excluding carboxylic acids is 2. The van der Waals surface area contributed by atoms with Crippen LogP contribution < -0.4 is 14.8 Å². The molecule has 0 radical (unpaired) electrons. The second-order valence-electron chi connectivity index (χ2n) is 6.59. The molecule has 3 amide bonds. The first-order valence-corrected chi connectivity index (χ1v) is 9.33. The van der Waals surface area contributed by atoms with Gasteiger partial charge in [-0.15, -0.1) is 6.42 Å². The molecule has 0 atom stereocenters. The minimum atomic E-state index is -0.336. The van der Waals surface area contributed by atoms with Crippen molar-refractivity contribution in [3.05, 3.63) is 29.5 Å². The molecule has 1 aliphatic heterocycles. The third-order valence-corrected chi connectivity index (χ3v) is 4.74. The lowest BCUT2D eigenvalue weighted by Gasteiger charge is -2.28. The summed E-state index contributed by atoms with van der Waals surface area (Å²) in [5.41, 5.74) is 1.02. The molecule has 142 valence electrons. The van der Waals surface area contributed by atoms with Crippen molar-refractivity contribution in [1.29, 1.82) is 0 Å². The molecule has 1 saturated heterocycles. The first-order valence-electron chi connectivity index (χ1n) is 9.33. The summed E-state index contributed by atoms with van der Waals surface area (Å²) >= 11 is 0. The van der Waals surface area contributed by atoms with Gasteiger partial charge >= 0.3 is 6.03 Å². The van der Waals surface area contributed by atoms with Gasteiger partial charge < -0.3 is 14.8 Å². The molecule has 1 aliphatic carbocycles. The Bertz CT molecular complexity index is 788. The molecule has 0 unspecified atom stereocenters. The van der Waals surface area contributed by atoms with Gasteiger partial charge in [-0.05, 0) is 43.5 Å². The highest BCUT2D eigenvalue weighted by Gasteiger charge is 2.38. The Kier molecular flexibility index (Phi) is 6.02. The Morgan fingerprint density at radius 3 is 2.70 bits per heavy atom. The predicted molar refractivity (Wildman–Crippen MR) is 102 cm³/mol. The molecule has 3 rings (SSSR count). The van der Waals surface area contributed by atoms with Crippen LogP contribution in [0.5, 0.6) is 11.5 Å². The van der Waals surface area contributed by atoms with Crippen LogP contribution in [0.3, 0.4) is 0 Å². The largest absolute Gasteiger partial charge is 0.490 e. The summed E-state index contributed by atoms with van der Waals surface area (Å²) in [6.45, 7) is 2.49. The maximum Gasteiger partial charge on any atom is 0.329 e. The van der Waals surface area contributed by atoms with Crippen molar-refractivity contribution in [2.45, 2.75) is 45.1 Å². The average Bonchev–Trinajstić information content (AvgIpc) is 2.95. The monoisotopic (exact) mass is 368 g/mol. The van der Waals surface area contributed by atoms with E-state index in [0.717, 1.165) is 37.7 Å². The molecule has 6 nitrogen and oxygen atoms in total. The van der Waals surface area contributed by atoms with Crippen molar-refractivity contribution in [1.82, 2.24) is 10.2 Å². The lowest BCUT2D eigenvalue weighted by molar-refractivity contribution is -0.124. The molecular formula is C21H24N2O4. The average molecular weight is 368 g/mol. The summed E-state index contributed by atoms with van der Waals surface area (Å²) in [4.78, 5) is 26.4. The van der Waals surface area contributed by atoms with Crippen LogP contribution in [-0.4, -0.2) is 36.1 Å². The van der Waals surface area contributed by atoms with E-state index in [2.05, 4.69) is 11.2 Å². The second-order valence-corrected chi connectivity index (χ2v) is 6.59. The number of rotatable bonds is 6. The van der Waals surface area contributed by atoms with Crippen molar-refractivity contribution in [2.75, 3.05) is 13.2 Å². The van der Waals surface area contributed by atoms with E-state index in [4.69, 9.17) is 15.9 Å². The summed E-state index contributed by atoms with van der Waals surface area (Å²) in [6, 6.07) is 4.97. The van der Waals surface area contributed by atoms with Gasteiger partial charge in [0.25, 0.3) is 5.91 Å². The first-order chi connectivity index (χ1) is 13.1. The molecule has 1 N–H and O–H groups in total. The Balaban J connectivity index is 1.81. The summed E-state index contributed by atoms with van der Waals surface area (Å²) in [5.74, 6) is 3.24. The number of nitrogens with zero attached hydrogens (tertiary/aromatic N) is 1. The Hall–Kier alpha value is -2.94. The first kappa shape index (κ1) is 18.8. The molecule has 1 aromatic rings. The number of hydrogen-bond acceptors (Lipinski definition) is 4. The molecule has 1 heterocycles. The lowest BCUT2D eigenvalue weighted by atomic mass is 9.94. The Morgan fingerprint density at radius 1 is 1.22 bits per heavy atom. The fraction of sp³-hybridized carbons (Fsp3) is 0.429. The fourth-order valence-electron chi connectivity index (χ4n) is 3.51. The molecule has 0 spiro atoms. The molecule has 1 aromatic carbocycles. The molecule has 2 aliphatic rings. The standard InChI is InChI=1S/C21H24N2O4/c1-3-12-27-18-11-10-15(14-19(18)26-4-2)13-17-20(24)23(21(25)22-17)16-8-6-5-7-9-16/h1,10-11,13-14,16H,4-9,12H2,2H3,(H,22,25)/b17-13-. The molecule has 0 aromatic heterocycles. The zero-order valence-electron chi connectivity index (χ0n) is 15.5. The number of ether oxygens (including phenoxy) is 2. The Morgan fingerprint density at radius 2 is 2.00 bits per heavy atom. The zero-order valence-corrected chi connectivity index (χ0v) is 15.5. The number of nitrogens with one attached hydrogen (secondary N) is 1. The fourth-order valence-corrected chi connectivity index (χ4v) is 3.51. The Labute approximate surface area is 159 Å². The highest BCUT2D eigenvalue weighted by atomic mass is 16.5. The number of imide groups is 1. The van der Waals surface area contributed by atoms with Crippen molar-refractivity contribution < 1.29 is 19.1 Å². The topological polar surface area (TPSA) is 67.9 Å². The maximum absolute atomic E-state index is 12.7. The van der Waals surface area contributed by atoms with Crippen LogP contribution in [0.1, 0.15) is 44.6 Å². The highest BCUT2D eigenvalue weighted by Crippen LogP contribution is 2.31. The molecule has 2 fully saturated rings. The molecule has 6 heteroatoms. The second kappa shape index (κ2) is 8.63. The minimum Gasteiger partial charge on any atom is -0.490 e. The maximum atomic E-state index is 12.7. The molecule has 27 heavy (non-hydrogen) atoms. The van der Waals surface area contributed by atoms with Crippen LogP contribution in [-0.2, 0) is 4.79 Å². The quantitative estimate of drug-likeness (QED) is 0.475. The smallest absolute Gasteiger partial charge is 0.329 e. The summed E-state index contributed by atoms with van der Waals surface area (Å²) in [6.07, 6.45) is 11.9. The summed E-state index contributed by atoms with van der Waals surface area (Å²) < 4.78 is 11.1. The van der Waals surface area contributed by atoms with Gasteiger partial charge in [-0.1, -0.05) is 31.2 Å². The van der Waals surface area contributed by atoms with Gasteiger partial charge in [-0.25, -0.2) is 4.79 Å². The van der Waals surface area contributed by atoms with Crippen LogP contribution in [0.2, 0.25) is 0 Å². The molecule has 0 bridgehead atoms. The van der Waals surface area contributed by atoms with Crippen molar-refractivity contribution >= 4 is 18.0 Å². The van der Waals surface area contributed by atoms with Crippen molar-refractivity contribution in [2.24, 2.45) is 0 Å². The van der Waals surface area contributed by atoms with Gasteiger partial charge in [0.2, 0.25) is 0 Å². The van der Waals surface area contributed by atoms with E-state index in [-0.39, 0.29) is 30.3 Å². The minimum absolute atomic E-state index is 0.00401. The van der Waals surface area contributed by atoms with Crippen LogP contribution in [0, 0.1) is 12.3 Å². The van der Waals surface area contributed by atoms with E-state index < -0.39 is 0 Å². The molecule has 1 saturated carbocycles. The highest BCUT2D eigenvalue weighted by molar-refractivity contribution is 6.14.